The Hall–Kier alpha value is -1.29. The highest BCUT2D eigenvalue weighted by Gasteiger charge is 2.27. The van der Waals surface area contributed by atoms with Crippen LogP contribution in [0.15, 0.2) is 18.6 Å². The Morgan fingerprint density at radius 2 is 2.15 bits per heavy atom. The number of carbonyl (C=O) groups excluding carboxylic acids is 1. The second-order valence-corrected chi connectivity index (χ2v) is 3.29. The molecule has 0 aliphatic heterocycles. The first-order chi connectivity index (χ1) is 6.08. The van der Waals surface area contributed by atoms with Gasteiger partial charge in [0, 0.05) is 12.4 Å². The van der Waals surface area contributed by atoms with Gasteiger partial charge < -0.3 is 5.32 Å². The molecular formula is C9H13N3O. The van der Waals surface area contributed by atoms with Gasteiger partial charge in [-0.2, -0.15) is 0 Å². The summed E-state index contributed by atoms with van der Waals surface area (Å²) >= 11 is 0. The molecule has 0 atom stereocenters. The molecule has 0 amide bonds. The minimum Gasteiger partial charge on any atom is -0.308 e. The molecule has 0 aromatic carbocycles. The van der Waals surface area contributed by atoms with Crippen molar-refractivity contribution in [3.05, 3.63) is 24.3 Å². The molecule has 1 aromatic heterocycles. The number of likely N-dealkylation sites (N-methyl/N-ethyl adjacent to an activating group) is 1. The van der Waals surface area contributed by atoms with Crippen LogP contribution in [0.1, 0.15) is 24.3 Å². The highest BCUT2D eigenvalue weighted by Crippen LogP contribution is 2.08. The number of rotatable bonds is 3. The van der Waals surface area contributed by atoms with Gasteiger partial charge >= 0.3 is 0 Å². The van der Waals surface area contributed by atoms with E-state index in [1.807, 2.05) is 13.8 Å². The van der Waals surface area contributed by atoms with Gasteiger partial charge in [-0.15, -0.1) is 0 Å². The maximum Gasteiger partial charge on any atom is 0.202 e. The smallest absolute Gasteiger partial charge is 0.202 e. The Bertz CT molecular complexity index is 295. The second kappa shape index (κ2) is 3.62. The number of ketones is 1. The van der Waals surface area contributed by atoms with Crippen molar-refractivity contribution in [3.8, 4) is 0 Å². The molecule has 70 valence electrons. The number of hydrogen-bond donors (Lipinski definition) is 1. The van der Waals surface area contributed by atoms with Gasteiger partial charge in [0.05, 0.1) is 11.7 Å². The summed E-state index contributed by atoms with van der Waals surface area (Å²) in [5, 5.41) is 2.92. The van der Waals surface area contributed by atoms with Crippen LogP contribution in [0.2, 0.25) is 0 Å². The van der Waals surface area contributed by atoms with Gasteiger partial charge in [-0.05, 0) is 20.9 Å². The predicted molar refractivity (Wildman–Crippen MR) is 49.5 cm³/mol. The van der Waals surface area contributed by atoms with Gasteiger partial charge in [0.2, 0.25) is 5.78 Å². The molecule has 0 spiro atoms. The largest absolute Gasteiger partial charge is 0.308 e. The second-order valence-electron chi connectivity index (χ2n) is 3.29. The Morgan fingerprint density at radius 3 is 2.62 bits per heavy atom. The summed E-state index contributed by atoms with van der Waals surface area (Å²) in [5.74, 6) is -0.0527. The lowest BCUT2D eigenvalue weighted by Gasteiger charge is -2.21. The molecule has 1 aromatic rings. The van der Waals surface area contributed by atoms with Crippen molar-refractivity contribution in [2.75, 3.05) is 7.05 Å². The lowest BCUT2D eigenvalue weighted by Crippen LogP contribution is -2.44. The average Bonchev–Trinajstić information content (AvgIpc) is 2.18. The third-order valence-corrected chi connectivity index (χ3v) is 1.99. The highest BCUT2D eigenvalue weighted by atomic mass is 16.1. The van der Waals surface area contributed by atoms with E-state index in [1.165, 1.54) is 12.4 Å². The van der Waals surface area contributed by atoms with Crippen molar-refractivity contribution in [2.45, 2.75) is 19.4 Å². The fourth-order valence-corrected chi connectivity index (χ4v) is 0.850. The molecule has 0 aliphatic rings. The zero-order valence-electron chi connectivity index (χ0n) is 8.03. The molecule has 0 saturated carbocycles. The lowest BCUT2D eigenvalue weighted by molar-refractivity contribution is 0.0884. The number of Topliss-reactive ketones (excluding diaryl/α,β-unsaturated/α-hetero) is 1. The number of aromatic nitrogens is 2. The van der Waals surface area contributed by atoms with Crippen LogP contribution in [-0.2, 0) is 0 Å². The van der Waals surface area contributed by atoms with Crippen LogP contribution >= 0.6 is 0 Å². The third kappa shape index (κ3) is 2.09. The van der Waals surface area contributed by atoms with Crippen molar-refractivity contribution in [1.29, 1.82) is 0 Å². The minimum atomic E-state index is -0.587. The van der Waals surface area contributed by atoms with E-state index in [-0.39, 0.29) is 5.78 Å². The van der Waals surface area contributed by atoms with Crippen molar-refractivity contribution < 1.29 is 4.79 Å². The molecule has 0 saturated heterocycles. The van der Waals surface area contributed by atoms with Crippen LogP contribution < -0.4 is 5.32 Å². The summed E-state index contributed by atoms with van der Waals surface area (Å²) in [5.41, 5.74) is -0.197. The molecule has 1 heterocycles. The van der Waals surface area contributed by atoms with E-state index in [9.17, 15) is 4.79 Å². The molecule has 1 rings (SSSR count). The van der Waals surface area contributed by atoms with Crippen molar-refractivity contribution >= 4 is 5.78 Å². The summed E-state index contributed by atoms with van der Waals surface area (Å²) in [6, 6.07) is 0. The molecule has 0 unspecified atom stereocenters. The molecule has 13 heavy (non-hydrogen) atoms. The average molecular weight is 179 g/mol. The van der Waals surface area contributed by atoms with Crippen LogP contribution in [0.5, 0.6) is 0 Å². The summed E-state index contributed by atoms with van der Waals surface area (Å²) in [7, 11) is 1.74. The van der Waals surface area contributed by atoms with E-state index in [2.05, 4.69) is 15.3 Å². The zero-order valence-corrected chi connectivity index (χ0v) is 8.03. The Balaban J connectivity index is 2.93. The maximum absolute atomic E-state index is 11.7. The molecular weight excluding hydrogens is 166 g/mol. The normalized spacial score (nSPS) is 11.3. The number of nitrogens with one attached hydrogen (secondary N) is 1. The Kier molecular flexibility index (Phi) is 2.72. The lowest BCUT2D eigenvalue weighted by atomic mass is 9.97. The van der Waals surface area contributed by atoms with E-state index in [0.29, 0.717) is 5.69 Å². The first-order valence-corrected chi connectivity index (χ1v) is 4.07. The van der Waals surface area contributed by atoms with Crippen molar-refractivity contribution in [3.63, 3.8) is 0 Å². The van der Waals surface area contributed by atoms with E-state index < -0.39 is 5.54 Å². The van der Waals surface area contributed by atoms with Gasteiger partial charge in [0.15, 0.2) is 0 Å². The Labute approximate surface area is 77.4 Å². The monoisotopic (exact) mass is 179 g/mol. The van der Waals surface area contributed by atoms with E-state index >= 15 is 0 Å². The van der Waals surface area contributed by atoms with Crippen molar-refractivity contribution in [1.82, 2.24) is 15.3 Å². The van der Waals surface area contributed by atoms with Gasteiger partial charge in [0.25, 0.3) is 0 Å². The Morgan fingerprint density at radius 1 is 1.46 bits per heavy atom. The van der Waals surface area contributed by atoms with Gasteiger partial charge in [-0.25, -0.2) is 4.98 Å². The van der Waals surface area contributed by atoms with Gasteiger partial charge in [0.1, 0.15) is 5.69 Å². The van der Waals surface area contributed by atoms with Gasteiger partial charge in [-0.1, -0.05) is 0 Å². The van der Waals surface area contributed by atoms with Crippen LogP contribution in [0.3, 0.4) is 0 Å². The summed E-state index contributed by atoms with van der Waals surface area (Å²) in [6.07, 6.45) is 4.53. The standard InChI is InChI=1S/C9H13N3O/c1-9(2,10-3)8(13)7-6-11-4-5-12-7/h4-6,10H,1-3H3. The molecule has 0 radical (unpaired) electrons. The summed E-state index contributed by atoms with van der Waals surface area (Å²) in [4.78, 5) is 19.5. The van der Waals surface area contributed by atoms with Crippen molar-refractivity contribution in [2.24, 2.45) is 0 Å². The molecule has 0 aliphatic carbocycles. The van der Waals surface area contributed by atoms with Crippen LogP contribution in [0, 0.1) is 0 Å². The van der Waals surface area contributed by atoms with Crippen LogP contribution in [0.25, 0.3) is 0 Å². The first-order valence-electron chi connectivity index (χ1n) is 4.07. The predicted octanol–water partition coefficient (Wildman–Crippen LogP) is 0.657. The number of nitrogens with zero attached hydrogens (tertiary/aromatic N) is 2. The topological polar surface area (TPSA) is 54.9 Å². The maximum atomic E-state index is 11.7. The third-order valence-electron chi connectivity index (χ3n) is 1.99. The fraction of sp³-hybridized carbons (Fsp3) is 0.444. The number of carbonyl (C=O) groups is 1. The SMILES string of the molecule is CNC(C)(C)C(=O)c1cnccn1. The number of hydrogen-bond acceptors (Lipinski definition) is 4. The zero-order chi connectivity index (χ0) is 9.90. The van der Waals surface area contributed by atoms with Crippen LogP contribution in [0.4, 0.5) is 0 Å². The minimum absolute atomic E-state index is 0.0527. The van der Waals surface area contributed by atoms with E-state index in [1.54, 1.807) is 13.2 Å². The first kappa shape index (κ1) is 9.80. The quantitative estimate of drug-likeness (QED) is 0.692. The van der Waals surface area contributed by atoms with E-state index in [0.717, 1.165) is 0 Å². The fourth-order valence-electron chi connectivity index (χ4n) is 0.850. The molecule has 4 nitrogen and oxygen atoms in total. The van der Waals surface area contributed by atoms with E-state index in [4.69, 9.17) is 0 Å². The highest BCUT2D eigenvalue weighted by molar-refractivity contribution is 6.00. The van der Waals surface area contributed by atoms with Gasteiger partial charge in [-0.3, -0.25) is 9.78 Å². The molecule has 0 bridgehead atoms. The van der Waals surface area contributed by atoms with Crippen LogP contribution in [-0.4, -0.2) is 28.3 Å². The molecule has 0 fully saturated rings. The molecule has 4 heteroatoms. The summed E-state index contributed by atoms with van der Waals surface area (Å²) in [6.45, 7) is 3.62. The molecule has 1 N–H and O–H groups in total. The summed E-state index contributed by atoms with van der Waals surface area (Å²) < 4.78 is 0.